The maximum Gasteiger partial charge on any atom is 0.255 e. The maximum atomic E-state index is 13.0. The molecule has 1 saturated carbocycles. The standard InChI is InChI=1S/C27H27N3OS/c1-18-12-14-20(15-13-18)27(31)30-24-16-22-23(17-25(24)32-21-10-6-3-7-11-21)29-26(28-22)19-8-4-2-5-9-19/h3,6-7,10-17,19H,2,4-5,8-9H2,1H3,(H,28,29)(H,30,31). The van der Waals surface area contributed by atoms with E-state index in [1.54, 1.807) is 11.8 Å². The molecule has 0 unspecified atom stereocenters. The van der Waals surface area contributed by atoms with Gasteiger partial charge in [-0.1, -0.05) is 66.9 Å². The number of rotatable bonds is 5. The molecule has 5 rings (SSSR count). The fourth-order valence-electron chi connectivity index (χ4n) is 4.32. The van der Waals surface area contributed by atoms with Crippen LogP contribution < -0.4 is 5.32 Å². The van der Waals surface area contributed by atoms with Crippen molar-refractivity contribution in [2.75, 3.05) is 5.32 Å². The van der Waals surface area contributed by atoms with E-state index in [0.717, 1.165) is 37.9 Å². The van der Waals surface area contributed by atoms with Gasteiger partial charge in [0.15, 0.2) is 0 Å². The number of imidazole rings is 1. The highest BCUT2D eigenvalue weighted by molar-refractivity contribution is 7.99. The minimum Gasteiger partial charge on any atom is -0.342 e. The highest BCUT2D eigenvalue weighted by Gasteiger charge is 2.20. The molecular formula is C27H27N3OS. The molecule has 1 aliphatic carbocycles. The molecule has 1 amide bonds. The minimum atomic E-state index is -0.105. The largest absolute Gasteiger partial charge is 0.342 e. The summed E-state index contributed by atoms with van der Waals surface area (Å²) >= 11 is 1.64. The summed E-state index contributed by atoms with van der Waals surface area (Å²) in [7, 11) is 0. The van der Waals surface area contributed by atoms with E-state index in [0.29, 0.717) is 11.5 Å². The van der Waals surface area contributed by atoms with E-state index >= 15 is 0 Å². The van der Waals surface area contributed by atoms with Crippen LogP contribution in [0.1, 0.15) is 59.8 Å². The molecule has 0 radical (unpaired) electrons. The van der Waals surface area contributed by atoms with Gasteiger partial charge in [-0.15, -0.1) is 0 Å². The van der Waals surface area contributed by atoms with Crippen LogP contribution in [0.15, 0.2) is 76.5 Å². The molecule has 0 saturated heterocycles. The summed E-state index contributed by atoms with van der Waals surface area (Å²) in [6, 6.07) is 22.0. The van der Waals surface area contributed by atoms with E-state index < -0.39 is 0 Å². The smallest absolute Gasteiger partial charge is 0.255 e. The number of nitrogens with zero attached hydrogens (tertiary/aromatic N) is 1. The van der Waals surface area contributed by atoms with Crippen molar-refractivity contribution in [1.82, 2.24) is 9.97 Å². The molecule has 1 heterocycles. The van der Waals surface area contributed by atoms with Crippen LogP contribution >= 0.6 is 11.8 Å². The van der Waals surface area contributed by atoms with Gasteiger partial charge in [-0.3, -0.25) is 4.79 Å². The van der Waals surface area contributed by atoms with Gasteiger partial charge in [0.2, 0.25) is 0 Å². The Hall–Kier alpha value is -3.05. The number of anilines is 1. The van der Waals surface area contributed by atoms with E-state index in [1.165, 1.54) is 32.1 Å². The Balaban J connectivity index is 1.50. The summed E-state index contributed by atoms with van der Waals surface area (Å²) in [6.07, 6.45) is 6.26. The molecule has 1 aliphatic rings. The molecule has 0 aliphatic heterocycles. The van der Waals surface area contributed by atoms with Crippen molar-refractivity contribution >= 4 is 34.4 Å². The number of benzene rings is 3. The third-order valence-corrected chi connectivity index (χ3v) is 7.19. The average Bonchev–Trinajstić information content (AvgIpc) is 3.24. The summed E-state index contributed by atoms with van der Waals surface area (Å²) in [5, 5.41) is 3.14. The fourth-order valence-corrected chi connectivity index (χ4v) is 5.26. The normalized spacial score (nSPS) is 14.5. The van der Waals surface area contributed by atoms with Crippen LogP contribution in [-0.2, 0) is 0 Å². The summed E-state index contributed by atoms with van der Waals surface area (Å²) in [6.45, 7) is 2.02. The van der Waals surface area contributed by atoms with Crippen molar-refractivity contribution in [2.24, 2.45) is 0 Å². The first-order valence-electron chi connectivity index (χ1n) is 11.3. The molecule has 4 nitrogen and oxygen atoms in total. The van der Waals surface area contributed by atoms with Gasteiger partial charge in [0.25, 0.3) is 5.91 Å². The molecule has 0 spiro atoms. The zero-order chi connectivity index (χ0) is 21.9. The van der Waals surface area contributed by atoms with Gasteiger partial charge in [0, 0.05) is 21.3 Å². The molecule has 3 aromatic carbocycles. The number of hydrogen-bond acceptors (Lipinski definition) is 3. The molecule has 2 N–H and O–H groups in total. The molecule has 32 heavy (non-hydrogen) atoms. The van der Waals surface area contributed by atoms with Crippen LogP contribution in [0.2, 0.25) is 0 Å². The fraction of sp³-hybridized carbons (Fsp3) is 0.259. The lowest BCUT2D eigenvalue weighted by atomic mass is 9.89. The lowest BCUT2D eigenvalue weighted by molar-refractivity contribution is 0.102. The molecule has 162 valence electrons. The second-order valence-corrected chi connectivity index (χ2v) is 9.67. The third-order valence-electron chi connectivity index (χ3n) is 6.13. The van der Waals surface area contributed by atoms with Crippen molar-refractivity contribution in [3.05, 3.63) is 83.7 Å². The molecule has 0 atom stereocenters. The highest BCUT2D eigenvalue weighted by atomic mass is 32.2. The van der Waals surface area contributed by atoms with E-state index in [9.17, 15) is 4.79 Å². The number of amides is 1. The number of aromatic nitrogens is 2. The van der Waals surface area contributed by atoms with Crippen LogP contribution in [0, 0.1) is 6.92 Å². The molecule has 5 heteroatoms. The third kappa shape index (κ3) is 4.58. The van der Waals surface area contributed by atoms with Crippen LogP contribution in [-0.4, -0.2) is 15.9 Å². The average molecular weight is 442 g/mol. The Labute approximate surface area is 192 Å². The number of aryl methyl sites for hydroxylation is 1. The Morgan fingerprint density at radius 1 is 1.00 bits per heavy atom. The Morgan fingerprint density at radius 3 is 2.50 bits per heavy atom. The molecule has 0 bridgehead atoms. The van der Waals surface area contributed by atoms with Gasteiger partial charge in [-0.25, -0.2) is 4.98 Å². The van der Waals surface area contributed by atoms with Gasteiger partial charge in [-0.05, 0) is 56.2 Å². The zero-order valence-electron chi connectivity index (χ0n) is 18.2. The maximum absolute atomic E-state index is 13.0. The monoisotopic (exact) mass is 441 g/mol. The molecular weight excluding hydrogens is 414 g/mol. The number of carbonyl (C=O) groups excluding carboxylic acids is 1. The Kier molecular flexibility index (Phi) is 5.99. The number of H-pyrrole nitrogens is 1. The second-order valence-electron chi connectivity index (χ2n) is 8.56. The lowest BCUT2D eigenvalue weighted by Gasteiger charge is -2.18. The zero-order valence-corrected chi connectivity index (χ0v) is 19.0. The van der Waals surface area contributed by atoms with Gasteiger partial charge in [0.05, 0.1) is 16.7 Å². The van der Waals surface area contributed by atoms with E-state index in [4.69, 9.17) is 4.98 Å². The van der Waals surface area contributed by atoms with Gasteiger partial charge in [0.1, 0.15) is 5.82 Å². The summed E-state index contributed by atoms with van der Waals surface area (Å²) in [5.74, 6) is 1.48. The van der Waals surface area contributed by atoms with Gasteiger partial charge >= 0.3 is 0 Å². The molecule has 1 aromatic heterocycles. The van der Waals surface area contributed by atoms with Gasteiger partial charge < -0.3 is 10.3 Å². The number of hydrogen-bond donors (Lipinski definition) is 2. The summed E-state index contributed by atoms with van der Waals surface area (Å²) in [5.41, 5.74) is 4.52. The lowest BCUT2D eigenvalue weighted by Crippen LogP contribution is -2.12. The minimum absolute atomic E-state index is 0.105. The summed E-state index contributed by atoms with van der Waals surface area (Å²) < 4.78 is 0. The molecule has 4 aromatic rings. The quantitative estimate of drug-likeness (QED) is 0.341. The van der Waals surface area contributed by atoms with Crippen molar-refractivity contribution < 1.29 is 4.79 Å². The number of carbonyl (C=O) groups is 1. The Morgan fingerprint density at radius 2 is 1.75 bits per heavy atom. The van der Waals surface area contributed by atoms with E-state index in [1.807, 2.05) is 55.5 Å². The topological polar surface area (TPSA) is 57.8 Å². The van der Waals surface area contributed by atoms with E-state index in [-0.39, 0.29) is 5.91 Å². The van der Waals surface area contributed by atoms with Crippen LogP contribution in [0.5, 0.6) is 0 Å². The number of nitrogens with one attached hydrogen (secondary N) is 2. The SMILES string of the molecule is Cc1ccc(C(=O)Nc2cc3[nH]c(C4CCCCC4)nc3cc2Sc2ccccc2)cc1. The van der Waals surface area contributed by atoms with Crippen molar-refractivity contribution in [3.63, 3.8) is 0 Å². The first-order chi connectivity index (χ1) is 15.7. The van der Waals surface area contributed by atoms with Crippen LogP contribution in [0.3, 0.4) is 0 Å². The van der Waals surface area contributed by atoms with Gasteiger partial charge in [-0.2, -0.15) is 0 Å². The van der Waals surface area contributed by atoms with Crippen molar-refractivity contribution in [3.8, 4) is 0 Å². The predicted molar refractivity (Wildman–Crippen MR) is 132 cm³/mol. The van der Waals surface area contributed by atoms with Crippen molar-refractivity contribution in [1.29, 1.82) is 0 Å². The number of aromatic amines is 1. The first-order valence-corrected chi connectivity index (χ1v) is 12.1. The molecule has 1 fully saturated rings. The summed E-state index contributed by atoms with van der Waals surface area (Å²) in [4.78, 5) is 23.6. The predicted octanol–water partition coefficient (Wildman–Crippen LogP) is 7.32. The first kappa shape index (κ1) is 20.8. The van der Waals surface area contributed by atoms with Crippen LogP contribution in [0.4, 0.5) is 5.69 Å². The number of fused-ring (bicyclic) bond motifs is 1. The van der Waals surface area contributed by atoms with E-state index in [2.05, 4.69) is 28.5 Å². The Bertz CT molecular complexity index is 1230. The van der Waals surface area contributed by atoms with Crippen molar-refractivity contribution in [2.45, 2.75) is 54.7 Å². The highest BCUT2D eigenvalue weighted by Crippen LogP contribution is 2.38. The van der Waals surface area contributed by atoms with Crippen LogP contribution in [0.25, 0.3) is 11.0 Å². The second kappa shape index (κ2) is 9.21.